The molecule has 19 heavy (non-hydrogen) atoms. The van der Waals surface area contributed by atoms with Crippen LogP contribution in [0.3, 0.4) is 0 Å². The van der Waals surface area contributed by atoms with E-state index in [1.165, 1.54) is 4.88 Å². The van der Waals surface area contributed by atoms with Crippen molar-refractivity contribution < 1.29 is 4.74 Å². The molecule has 2 rings (SSSR count). The van der Waals surface area contributed by atoms with Crippen LogP contribution in [0.25, 0.3) is 11.3 Å². The lowest BCUT2D eigenvalue weighted by Crippen LogP contribution is -1.95. The van der Waals surface area contributed by atoms with Crippen molar-refractivity contribution in [2.24, 2.45) is 5.92 Å². The molecule has 2 aromatic rings. The number of ether oxygens (including phenoxy) is 1. The van der Waals surface area contributed by atoms with Crippen LogP contribution >= 0.6 is 33.9 Å². The van der Waals surface area contributed by atoms with E-state index in [1.807, 2.05) is 19.1 Å². The Morgan fingerprint density at radius 3 is 2.84 bits per heavy atom. The van der Waals surface area contributed by atoms with E-state index in [4.69, 9.17) is 4.74 Å². The number of hydrogen-bond acceptors (Lipinski definition) is 3. The van der Waals surface area contributed by atoms with Gasteiger partial charge in [-0.15, -0.1) is 11.3 Å². The largest absolute Gasteiger partial charge is 0.494 e. The van der Waals surface area contributed by atoms with E-state index in [0.29, 0.717) is 12.5 Å². The third-order valence-corrected chi connectivity index (χ3v) is 4.45. The van der Waals surface area contributed by atoms with Crippen LogP contribution in [0.2, 0.25) is 0 Å². The van der Waals surface area contributed by atoms with Crippen molar-refractivity contribution in [3.8, 4) is 17.0 Å². The van der Waals surface area contributed by atoms with E-state index in [9.17, 15) is 0 Å². The van der Waals surface area contributed by atoms with Gasteiger partial charge in [0.05, 0.1) is 12.3 Å². The Labute approximate surface area is 132 Å². The van der Waals surface area contributed by atoms with E-state index >= 15 is 0 Å². The highest BCUT2D eigenvalue weighted by Gasteiger charge is 2.13. The number of benzene rings is 1. The highest BCUT2D eigenvalue weighted by molar-refractivity contribution is 14.1. The fraction of sp³-hybridized carbons (Fsp3) is 0.400. The molecule has 0 saturated carbocycles. The summed E-state index contributed by atoms with van der Waals surface area (Å²) in [5.74, 6) is 1.56. The van der Waals surface area contributed by atoms with E-state index < -0.39 is 0 Å². The molecule has 1 aromatic carbocycles. The summed E-state index contributed by atoms with van der Waals surface area (Å²) in [5, 5.41) is 0. The Hall–Kier alpha value is -0.620. The van der Waals surface area contributed by atoms with Gasteiger partial charge in [0.2, 0.25) is 0 Å². The van der Waals surface area contributed by atoms with E-state index in [-0.39, 0.29) is 0 Å². The zero-order chi connectivity index (χ0) is 13.8. The van der Waals surface area contributed by atoms with Crippen molar-refractivity contribution in [1.82, 2.24) is 4.98 Å². The molecule has 0 saturated heterocycles. The summed E-state index contributed by atoms with van der Waals surface area (Å²) in [4.78, 5) is 6.05. The molecule has 0 atom stereocenters. The van der Waals surface area contributed by atoms with Gasteiger partial charge in [0, 0.05) is 10.4 Å². The second kappa shape index (κ2) is 6.70. The zero-order valence-corrected chi connectivity index (χ0v) is 14.4. The maximum absolute atomic E-state index is 5.57. The molecule has 1 aromatic heterocycles. The lowest BCUT2D eigenvalue weighted by atomic mass is 10.0. The molecule has 2 nitrogen and oxygen atoms in total. The standard InChI is InChI=1S/C15H18INOS/c1-4-18-12-7-5-6-11(9-12)14-13(8-10(2)3)19-15(16)17-14/h5-7,9-10H,4,8H2,1-3H3. The summed E-state index contributed by atoms with van der Waals surface area (Å²) < 4.78 is 6.67. The Morgan fingerprint density at radius 2 is 2.16 bits per heavy atom. The molecule has 102 valence electrons. The first kappa shape index (κ1) is 14.8. The van der Waals surface area contributed by atoms with Crippen LogP contribution in [0.5, 0.6) is 5.75 Å². The normalized spacial score (nSPS) is 11.0. The Kier molecular flexibility index (Phi) is 5.21. The summed E-state index contributed by atoms with van der Waals surface area (Å²) >= 11 is 4.09. The molecular formula is C15H18INOS. The lowest BCUT2D eigenvalue weighted by molar-refractivity contribution is 0.340. The summed E-state index contributed by atoms with van der Waals surface area (Å²) in [6, 6.07) is 8.22. The Balaban J connectivity index is 2.37. The molecule has 1 heterocycles. The predicted octanol–water partition coefficient (Wildman–Crippen LogP) is 5.01. The summed E-state index contributed by atoms with van der Waals surface area (Å²) in [6.07, 6.45) is 1.08. The van der Waals surface area contributed by atoms with E-state index in [2.05, 4.69) is 53.6 Å². The minimum Gasteiger partial charge on any atom is -0.494 e. The van der Waals surface area contributed by atoms with Crippen molar-refractivity contribution in [3.05, 3.63) is 32.2 Å². The summed E-state index contributed by atoms with van der Waals surface area (Å²) in [5.41, 5.74) is 2.27. The van der Waals surface area contributed by atoms with Gasteiger partial charge in [0.15, 0.2) is 3.01 Å². The topological polar surface area (TPSA) is 22.1 Å². The van der Waals surface area contributed by atoms with Crippen LogP contribution in [0.15, 0.2) is 24.3 Å². The Morgan fingerprint density at radius 1 is 1.37 bits per heavy atom. The van der Waals surface area contributed by atoms with Crippen molar-refractivity contribution in [2.45, 2.75) is 27.2 Å². The molecule has 4 heteroatoms. The van der Waals surface area contributed by atoms with Gasteiger partial charge >= 0.3 is 0 Å². The van der Waals surface area contributed by atoms with Gasteiger partial charge in [0.25, 0.3) is 0 Å². The van der Waals surface area contributed by atoms with Gasteiger partial charge in [-0.25, -0.2) is 4.98 Å². The van der Waals surface area contributed by atoms with Crippen molar-refractivity contribution in [2.75, 3.05) is 6.61 Å². The molecular weight excluding hydrogens is 369 g/mol. The van der Waals surface area contributed by atoms with E-state index in [1.54, 1.807) is 11.3 Å². The smallest absolute Gasteiger partial charge is 0.154 e. The molecule has 0 fully saturated rings. The van der Waals surface area contributed by atoms with Crippen molar-refractivity contribution >= 4 is 33.9 Å². The number of nitrogens with zero attached hydrogens (tertiary/aromatic N) is 1. The average molecular weight is 387 g/mol. The molecule has 0 aliphatic heterocycles. The average Bonchev–Trinajstić information content (AvgIpc) is 2.70. The van der Waals surface area contributed by atoms with Crippen LogP contribution in [0.4, 0.5) is 0 Å². The number of aromatic nitrogens is 1. The minimum atomic E-state index is 0.644. The molecule has 0 aliphatic rings. The highest BCUT2D eigenvalue weighted by atomic mass is 127. The van der Waals surface area contributed by atoms with Gasteiger partial charge in [-0.2, -0.15) is 0 Å². The van der Waals surface area contributed by atoms with Crippen LogP contribution in [0, 0.1) is 8.93 Å². The number of hydrogen-bond donors (Lipinski definition) is 0. The molecule has 0 aliphatic carbocycles. The van der Waals surface area contributed by atoms with Gasteiger partial charge in [-0.3, -0.25) is 0 Å². The first-order valence-corrected chi connectivity index (χ1v) is 8.38. The van der Waals surface area contributed by atoms with Crippen molar-refractivity contribution in [1.29, 1.82) is 0 Å². The van der Waals surface area contributed by atoms with Gasteiger partial charge in [-0.05, 0) is 54.0 Å². The molecule has 0 bridgehead atoms. The fourth-order valence-corrected chi connectivity index (χ4v) is 4.01. The maximum atomic E-state index is 5.57. The molecule has 0 radical (unpaired) electrons. The first-order valence-electron chi connectivity index (χ1n) is 6.48. The van der Waals surface area contributed by atoms with Crippen LogP contribution in [-0.2, 0) is 6.42 Å². The van der Waals surface area contributed by atoms with Gasteiger partial charge in [0.1, 0.15) is 5.75 Å². The van der Waals surface area contributed by atoms with Gasteiger partial charge in [-0.1, -0.05) is 26.0 Å². The van der Waals surface area contributed by atoms with Crippen LogP contribution in [0.1, 0.15) is 25.6 Å². The molecule has 0 unspecified atom stereocenters. The highest BCUT2D eigenvalue weighted by Crippen LogP contribution is 2.32. The SMILES string of the molecule is CCOc1cccc(-c2nc(I)sc2CC(C)C)c1. The number of rotatable bonds is 5. The minimum absolute atomic E-state index is 0.644. The third kappa shape index (κ3) is 3.92. The summed E-state index contributed by atoms with van der Waals surface area (Å²) in [6.45, 7) is 7.18. The zero-order valence-electron chi connectivity index (χ0n) is 11.4. The molecule has 0 spiro atoms. The lowest BCUT2D eigenvalue weighted by Gasteiger charge is -2.07. The number of thiazole rings is 1. The Bertz CT molecular complexity index is 551. The quantitative estimate of drug-likeness (QED) is 0.673. The second-order valence-corrected chi connectivity index (χ2v) is 7.63. The third-order valence-electron chi connectivity index (χ3n) is 2.68. The molecule has 0 N–H and O–H groups in total. The monoisotopic (exact) mass is 387 g/mol. The fourth-order valence-electron chi connectivity index (χ4n) is 1.96. The van der Waals surface area contributed by atoms with Crippen molar-refractivity contribution in [3.63, 3.8) is 0 Å². The van der Waals surface area contributed by atoms with Crippen LogP contribution in [-0.4, -0.2) is 11.6 Å². The summed E-state index contributed by atoms with van der Waals surface area (Å²) in [7, 11) is 0. The molecule has 0 amide bonds. The van der Waals surface area contributed by atoms with Crippen LogP contribution < -0.4 is 4.74 Å². The maximum Gasteiger partial charge on any atom is 0.154 e. The second-order valence-electron chi connectivity index (χ2n) is 4.80. The van der Waals surface area contributed by atoms with E-state index in [0.717, 1.165) is 26.4 Å². The number of halogens is 1. The predicted molar refractivity (Wildman–Crippen MR) is 90.0 cm³/mol. The van der Waals surface area contributed by atoms with Gasteiger partial charge < -0.3 is 4.74 Å². The first-order chi connectivity index (χ1) is 9.10.